The number of carboxylic acid groups (broad SMARTS) is 1. The number of halogens is 1. The summed E-state index contributed by atoms with van der Waals surface area (Å²) in [5.74, 6) is -0.121. The Kier molecular flexibility index (Phi) is 9.16. The lowest BCUT2D eigenvalue weighted by atomic mass is 9.62. The number of carboxylic acids is 1. The van der Waals surface area contributed by atoms with E-state index in [4.69, 9.17) is 16.7 Å². The summed E-state index contributed by atoms with van der Waals surface area (Å²) in [6.45, 7) is 7.25. The van der Waals surface area contributed by atoms with Gasteiger partial charge in [-0.25, -0.2) is 13.1 Å². The number of aliphatic carboxylic acids is 1. The molecule has 1 saturated carbocycles. The quantitative estimate of drug-likeness (QED) is 0.409. The third kappa shape index (κ3) is 8.24. The fourth-order valence-corrected chi connectivity index (χ4v) is 5.62. The molecule has 31 heavy (non-hydrogen) atoms. The molecule has 0 atom stereocenters. The SMILES string of the molecule is CC(C)(C)C1CCC(C/C=C\CCC(=O)O)(CCNS(=O)(=O)c2ccc(Cl)cc2)CC1. The molecule has 174 valence electrons. The van der Waals surface area contributed by atoms with Crippen molar-refractivity contribution in [2.45, 2.75) is 77.0 Å². The lowest BCUT2D eigenvalue weighted by Gasteiger charge is -2.44. The highest BCUT2D eigenvalue weighted by atomic mass is 35.5. The molecule has 0 bridgehead atoms. The first-order valence-corrected chi connectivity index (χ1v) is 12.9. The molecule has 0 aliphatic heterocycles. The summed E-state index contributed by atoms with van der Waals surface area (Å²) in [4.78, 5) is 10.9. The van der Waals surface area contributed by atoms with Crippen molar-refractivity contribution in [3.8, 4) is 0 Å². The van der Waals surface area contributed by atoms with Crippen LogP contribution in [0.4, 0.5) is 0 Å². The highest BCUT2D eigenvalue weighted by Crippen LogP contribution is 2.49. The largest absolute Gasteiger partial charge is 0.481 e. The number of sulfonamides is 1. The monoisotopic (exact) mass is 469 g/mol. The van der Waals surface area contributed by atoms with E-state index in [0.29, 0.717) is 23.9 Å². The lowest BCUT2D eigenvalue weighted by molar-refractivity contribution is -0.136. The van der Waals surface area contributed by atoms with E-state index in [9.17, 15) is 13.2 Å². The molecule has 0 aromatic heterocycles. The summed E-state index contributed by atoms with van der Waals surface area (Å²) >= 11 is 5.86. The molecule has 2 N–H and O–H groups in total. The molecule has 5 nitrogen and oxygen atoms in total. The molecule has 1 aromatic carbocycles. The molecular weight excluding hydrogens is 434 g/mol. The van der Waals surface area contributed by atoms with Crippen molar-refractivity contribution in [2.75, 3.05) is 6.54 Å². The zero-order valence-electron chi connectivity index (χ0n) is 18.9. The van der Waals surface area contributed by atoms with Gasteiger partial charge >= 0.3 is 5.97 Å². The number of benzene rings is 1. The van der Waals surface area contributed by atoms with E-state index in [0.717, 1.165) is 38.5 Å². The number of allylic oxidation sites excluding steroid dienone is 2. The van der Waals surface area contributed by atoms with E-state index in [-0.39, 0.29) is 22.1 Å². The summed E-state index contributed by atoms with van der Waals surface area (Å²) in [6.07, 6.45) is 10.7. The standard InChI is InChI=1S/C24H36ClNO4S/c1-23(2,3)19-12-15-24(16-13-19,14-6-4-5-7-22(27)28)17-18-26-31(29,30)21-10-8-20(25)9-11-21/h4,6,8-11,19,26H,5,7,12-18H2,1-3H3,(H,27,28)/b6-4-. The van der Waals surface area contributed by atoms with Crippen LogP contribution in [0, 0.1) is 16.7 Å². The molecule has 0 saturated heterocycles. The Labute approximate surface area is 192 Å². The summed E-state index contributed by atoms with van der Waals surface area (Å²) in [5, 5.41) is 9.32. The van der Waals surface area contributed by atoms with Crippen molar-refractivity contribution in [1.29, 1.82) is 0 Å². The summed E-state index contributed by atoms with van der Waals surface area (Å²) in [6, 6.07) is 6.18. The lowest BCUT2D eigenvalue weighted by Crippen LogP contribution is -2.35. The van der Waals surface area contributed by atoms with E-state index < -0.39 is 16.0 Å². The van der Waals surface area contributed by atoms with Crippen LogP contribution in [0.25, 0.3) is 0 Å². The maximum atomic E-state index is 12.6. The number of nitrogens with one attached hydrogen (secondary N) is 1. The third-order valence-electron chi connectivity index (χ3n) is 6.58. The van der Waals surface area contributed by atoms with Gasteiger partial charge in [0.2, 0.25) is 10.0 Å². The first kappa shape index (κ1) is 25.9. The van der Waals surface area contributed by atoms with Crippen LogP contribution in [0.3, 0.4) is 0 Å². The highest BCUT2D eigenvalue weighted by Gasteiger charge is 2.37. The van der Waals surface area contributed by atoms with Crippen molar-refractivity contribution in [1.82, 2.24) is 4.72 Å². The van der Waals surface area contributed by atoms with Gasteiger partial charge < -0.3 is 5.11 Å². The zero-order chi connectivity index (χ0) is 23.1. The van der Waals surface area contributed by atoms with Crippen molar-refractivity contribution < 1.29 is 18.3 Å². The van der Waals surface area contributed by atoms with Crippen LogP contribution >= 0.6 is 11.6 Å². The third-order valence-corrected chi connectivity index (χ3v) is 8.31. The van der Waals surface area contributed by atoms with E-state index in [1.54, 1.807) is 12.1 Å². The van der Waals surface area contributed by atoms with Gasteiger partial charge in [-0.1, -0.05) is 44.5 Å². The van der Waals surface area contributed by atoms with Gasteiger partial charge in [0.25, 0.3) is 0 Å². The van der Waals surface area contributed by atoms with Gasteiger partial charge in [0.15, 0.2) is 0 Å². The molecule has 0 radical (unpaired) electrons. The van der Waals surface area contributed by atoms with Gasteiger partial charge in [0.05, 0.1) is 4.90 Å². The van der Waals surface area contributed by atoms with Crippen LogP contribution in [-0.2, 0) is 14.8 Å². The topological polar surface area (TPSA) is 83.5 Å². The molecule has 0 heterocycles. The molecule has 0 spiro atoms. The summed E-state index contributed by atoms with van der Waals surface area (Å²) in [5.41, 5.74) is 0.323. The Morgan fingerprint density at radius 2 is 1.81 bits per heavy atom. The molecule has 0 unspecified atom stereocenters. The van der Waals surface area contributed by atoms with Crippen molar-refractivity contribution >= 4 is 27.6 Å². The zero-order valence-corrected chi connectivity index (χ0v) is 20.4. The molecule has 2 rings (SSSR count). The van der Waals surface area contributed by atoms with Crippen LogP contribution in [0.1, 0.15) is 72.1 Å². The van der Waals surface area contributed by atoms with Gasteiger partial charge in [0.1, 0.15) is 0 Å². The predicted octanol–water partition coefficient (Wildman–Crippen LogP) is 6.04. The van der Waals surface area contributed by atoms with Crippen LogP contribution in [0.15, 0.2) is 41.3 Å². The number of hydrogen-bond acceptors (Lipinski definition) is 3. The molecule has 1 aliphatic carbocycles. The number of hydrogen-bond donors (Lipinski definition) is 2. The number of rotatable bonds is 10. The van der Waals surface area contributed by atoms with Gasteiger partial charge in [0, 0.05) is 18.0 Å². The van der Waals surface area contributed by atoms with Crippen LogP contribution in [0.2, 0.25) is 5.02 Å². The minimum Gasteiger partial charge on any atom is -0.481 e. The Morgan fingerprint density at radius 3 is 2.35 bits per heavy atom. The average Bonchev–Trinajstić information content (AvgIpc) is 2.67. The van der Waals surface area contributed by atoms with Crippen molar-refractivity contribution in [3.05, 3.63) is 41.4 Å². The van der Waals surface area contributed by atoms with Gasteiger partial charge in [-0.05, 0) is 86.0 Å². The van der Waals surface area contributed by atoms with Gasteiger partial charge in [-0.2, -0.15) is 0 Å². The first-order valence-electron chi connectivity index (χ1n) is 11.1. The Balaban J connectivity index is 2.01. The Hall–Kier alpha value is -1.37. The maximum absolute atomic E-state index is 12.6. The fourth-order valence-electron chi connectivity index (χ4n) is 4.46. The fraction of sp³-hybridized carbons (Fsp3) is 0.625. The molecule has 7 heteroatoms. The minimum absolute atomic E-state index is 0.0456. The van der Waals surface area contributed by atoms with Crippen LogP contribution in [0.5, 0.6) is 0 Å². The van der Waals surface area contributed by atoms with E-state index >= 15 is 0 Å². The Morgan fingerprint density at radius 1 is 1.19 bits per heavy atom. The van der Waals surface area contributed by atoms with Gasteiger partial charge in [-0.3, -0.25) is 4.79 Å². The second kappa shape index (κ2) is 11.0. The molecule has 0 amide bonds. The number of carbonyl (C=O) groups is 1. The van der Waals surface area contributed by atoms with E-state index in [1.807, 2.05) is 6.08 Å². The molecule has 1 aromatic rings. The average molecular weight is 470 g/mol. The second-order valence-electron chi connectivity index (χ2n) is 9.85. The second-order valence-corrected chi connectivity index (χ2v) is 12.1. The first-order chi connectivity index (χ1) is 14.4. The van der Waals surface area contributed by atoms with E-state index in [1.165, 1.54) is 12.1 Å². The Bertz CT molecular complexity index is 849. The summed E-state index contributed by atoms with van der Waals surface area (Å²) < 4.78 is 28.0. The maximum Gasteiger partial charge on any atom is 0.303 e. The smallest absolute Gasteiger partial charge is 0.303 e. The normalized spacial score (nSPS) is 22.6. The molecule has 1 fully saturated rings. The van der Waals surface area contributed by atoms with E-state index in [2.05, 4.69) is 31.6 Å². The predicted molar refractivity (Wildman–Crippen MR) is 126 cm³/mol. The minimum atomic E-state index is -3.57. The molecule has 1 aliphatic rings. The van der Waals surface area contributed by atoms with Crippen LogP contribution in [-0.4, -0.2) is 26.0 Å². The summed E-state index contributed by atoms with van der Waals surface area (Å²) in [7, 11) is -3.57. The van der Waals surface area contributed by atoms with Crippen molar-refractivity contribution in [2.24, 2.45) is 16.7 Å². The highest BCUT2D eigenvalue weighted by molar-refractivity contribution is 7.89. The van der Waals surface area contributed by atoms with Crippen LogP contribution < -0.4 is 4.72 Å². The van der Waals surface area contributed by atoms with Crippen molar-refractivity contribution in [3.63, 3.8) is 0 Å². The molecular formula is C24H36ClNO4S. The van der Waals surface area contributed by atoms with Gasteiger partial charge in [-0.15, -0.1) is 0 Å².